The van der Waals surface area contributed by atoms with Gasteiger partial charge in [0.2, 0.25) is 0 Å². The molecule has 0 saturated carbocycles. The number of hydrogen-bond acceptors (Lipinski definition) is 1. The van der Waals surface area contributed by atoms with Gasteiger partial charge in [-0.15, -0.1) is 0 Å². The number of fused-ring (bicyclic) bond motifs is 1. The Kier molecular flexibility index (Phi) is 2.04. The van der Waals surface area contributed by atoms with Crippen molar-refractivity contribution in [3.05, 3.63) is 34.5 Å². The number of aryl methyl sites for hydroxylation is 4. The minimum Gasteiger partial charge on any atom is -0.335 e. The Bertz CT molecular complexity index is 538. The van der Waals surface area contributed by atoms with E-state index in [2.05, 4.69) is 32.0 Å². The second kappa shape index (κ2) is 3.13. The second-order valence-corrected chi connectivity index (χ2v) is 4.07. The molecule has 15 heavy (non-hydrogen) atoms. The lowest BCUT2D eigenvalue weighted by atomic mass is 10.0. The summed E-state index contributed by atoms with van der Waals surface area (Å²) in [7, 11) is 1.96. The summed E-state index contributed by atoms with van der Waals surface area (Å²) >= 11 is 0. The zero-order valence-corrected chi connectivity index (χ0v) is 9.55. The Morgan fingerprint density at radius 2 is 1.73 bits per heavy atom. The Morgan fingerprint density at radius 1 is 1.13 bits per heavy atom. The first-order valence-corrected chi connectivity index (χ1v) is 5.03. The van der Waals surface area contributed by atoms with Crippen molar-refractivity contribution < 1.29 is 0 Å². The second-order valence-electron chi connectivity index (χ2n) is 4.07. The lowest BCUT2D eigenvalue weighted by Gasteiger charge is -2.03. The lowest BCUT2D eigenvalue weighted by Crippen LogP contribution is -1.93. The van der Waals surface area contributed by atoms with Crippen LogP contribution in [0.15, 0.2) is 12.1 Å². The molecule has 0 aliphatic rings. The summed E-state index contributed by atoms with van der Waals surface area (Å²) in [5.41, 5.74) is 5.51. The van der Waals surface area contributed by atoms with Crippen LogP contribution in [0.1, 0.15) is 22.4 Å². The first-order valence-electron chi connectivity index (χ1n) is 5.03. The molecule has 0 fully saturated rings. The van der Waals surface area contributed by atoms with Crippen LogP contribution in [-0.2, 0) is 7.05 Å². The zero-order valence-electron chi connectivity index (χ0n) is 9.55. The summed E-state index contributed by atoms with van der Waals surface area (Å²) in [5.74, 6) is 0. The predicted octanol–water partition coefficient (Wildman–Crippen LogP) is 2.98. The highest BCUT2D eigenvalue weighted by Gasteiger charge is 2.14. The molecule has 0 saturated heterocycles. The van der Waals surface area contributed by atoms with Crippen LogP contribution >= 0.6 is 0 Å². The quantitative estimate of drug-likeness (QED) is 0.639. The number of benzene rings is 1. The normalized spacial score (nSPS) is 10.6. The maximum Gasteiger partial charge on any atom is 0.124 e. The fraction of sp³-hybridized carbons (Fsp3) is 0.308. The SMILES string of the molecule is Cc1ccc(C)c2c1c(C)c(C#N)n2C. The molecule has 0 radical (unpaired) electrons. The van der Waals surface area contributed by atoms with Gasteiger partial charge in [-0.25, -0.2) is 0 Å². The van der Waals surface area contributed by atoms with Crippen molar-refractivity contribution in [3.8, 4) is 6.07 Å². The highest BCUT2D eigenvalue weighted by Crippen LogP contribution is 2.29. The Morgan fingerprint density at radius 3 is 2.27 bits per heavy atom. The average molecular weight is 198 g/mol. The molecule has 0 N–H and O–H groups in total. The third kappa shape index (κ3) is 1.16. The van der Waals surface area contributed by atoms with Gasteiger partial charge in [-0.3, -0.25) is 0 Å². The molecule has 0 atom stereocenters. The van der Waals surface area contributed by atoms with Gasteiger partial charge in [0.05, 0.1) is 5.52 Å². The van der Waals surface area contributed by atoms with E-state index in [9.17, 15) is 0 Å². The van der Waals surface area contributed by atoms with Gasteiger partial charge >= 0.3 is 0 Å². The number of nitrogens with zero attached hydrogens (tertiary/aromatic N) is 2. The van der Waals surface area contributed by atoms with Gasteiger partial charge in [0.1, 0.15) is 11.8 Å². The fourth-order valence-corrected chi connectivity index (χ4v) is 2.34. The molecule has 2 aromatic rings. The first-order chi connectivity index (χ1) is 7.07. The van der Waals surface area contributed by atoms with Crippen molar-refractivity contribution in [2.45, 2.75) is 20.8 Å². The predicted molar refractivity (Wildman–Crippen MR) is 61.8 cm³/mol. The summed E-state index contributed by atoms with van der Waals surface area (Å²) in [4.78, 5) is 0. The van der Waals surface area contributed by atoms with Crippen LogP contribution in [-0.4, -0.2) is 4.57 Å². The molecule has 0 amide bonds. The van der Waals surface area contributed by atoms with Gasteiger partial charge in [0.15, 0.2) is 0 Å². The van der Waals surface area contributed by atoms with E-state index in [-0.39, 0.29) is 0 Å². The smallest absolute Gasteiger partial charge is 0.124 e. The topological polar surface area (TPSA) is 28.7 Å². The van der Waals surface area contributed by atoms with Crippen LogP contribution in [0.5, 0.6) is 0 Å². The number of hydrogen-bond donors (Lipinski definition) is 0. The highest BCUT2D eigenvalue weighted by atomic mass is 14.9. The standard InChI is InChI=1S/C13H14N2/c1-8-5-6-9(2)13-12(8)10(3)11(7-14)15(13)4/h5-6H,1-4H3. The number of rotatable bonds is 0. The van der Waals surface area contributed by atoms with E-state index in [4.69, 9.17) is 5.26 Å². The molecule has 0 aliphatic carbocycles. The summed E-state index contributed by atoms with van der Waals surface area (Å²) in [6.45, 7) is 6.20. The maximum absolute atomic E-state index is 9.11. The molecule has 76 valence electrons. The molecule has 1 aromatic heterocycles. The van der Waals surface area contributed by atoms with E-state index in [1.807, 2.05) is 18.5 Å². The van der Waals surface area contributed by atoms with E-state index in [0.29, 0.717) is 0 Å². The Labute approximate surface area is 89.7 Å². The summed E-state index contributed by atoms with van der Waals surface area (Å²) < 4.78 is 1.99. The van der Waals surface area contributed by atoms with Crippen LogP contribution < -0.4 is 0 Å². The molecular weight excluding hydrogens is 184 g/mol. The van der Waals surface area contributed by atoms with Gasteiger partial charge in [-0.05, 0) is 37.5 Å². The van der Waals surface area contributed by atoms with Crippen molar-refractivity contribution in [1.82, 2.24) is 4.57 Å². The van der Waals surface area contributed by atoms with Gasteiger partial charge in [-0.2, -0.15) is 5.26 Å². The average Bonchev–Trinajstić information content (AvgIpc) is 2.46. The van der Waals surface area contributed by atoms with Crippen LogP contribution in [0.25, 0.3) is 10.9 Å². The van der Waals surface area contributed by atoms with E-state index >= 15 is 0 Å². The Hall–Kier alpha value is -1.75. The Balaban J connectivity index is 3.09. The third-order valence-corrected chi connectivity index (χ3v) is 3.09. The van der Waals surface area contributed by atoms with Crippen molar-refractivity contribution >= 4 is 10.9 Å². The summed E-state index contributed by atoms with van der Waals surface area (Å²) in [6, 6.07) is 6.50. The van der Waals surface area contributed by atoms with E-state index in [1.54, 1.807) is 0 Å². The minimum atomic E-state index is 0.766. The molecule has 2 rings (SSSR count). The van der Waals surface area contributed by atoms with Crippen LogP contribution in [0.3, 0.4) is 0 Å². The highest BCUT2D eigenvalue weighted by molar-refractivity contribution is 5.91. The van der Waals surface area contributed by atoms with Crippen molar-refractivity contribution in [2.24, 2.45) is 7.05 Å². The molecule has 1 heterocycles. The first kappa shape index (κ1) is 9.79. The largest absolute Gasteiger partial charge is 0.335 e. The summed E-state index contributed by atoms with van der Waals surface area (Å²) in [6.07, 6.45) is 0. The molecular formula is C13H14N2. The van der Waals surface area contributed by atoms with Gasteiger partial charge in [0, 0.05) is 12.4 Å². The number of nitriles is 1. The van der Waals surface area contributed by atoms with Crippen LogP contribution in [0.4, 0.5) is 0 Å². The molecule has 2 nitrogen and oxygen atoms in total. The molecule has 0 unspecified atom stereocenters. The van der Waals surface area contributed by atoms with Crippen LogP contribution in [0.2, 0.25) is 0 Å². The van der Waals surface area contributed by atoms with E-state index in [0.717, 1.165) is 11.3 Å². The number of aromatic nitrogens is 1. The van der Waals surface area contributed by atoms with E-state index < -0.39 is 0 Å². The summed E-state index contributed by atoms with van der Waals surface area (Å²) in [5, 5.41) is 10.3. The van der Waals surface area contributed by atoms with Crippen molar-refractivity contribution in [2.75, 3.05) is 0 Å². The van der Waals surface area contributed by atoms with Gasteiger partial charge < -0.3 is 4.57 Å². The minimum absolute atomic E-state index is 0.766. The van der Waals surface area contributed by atoms with E-state index in [1.165, 1.54) is 22.0 Å². The maximum atomic E-state index is 9.11. The molecule has 0 spiro atoms. The monoisotopic (exact) mass is 198 g/mol. The van der Waals surface area contributed by atoms with Gasteiger partial charge in [-0.1, -0.05) is 12.1 Å². The zero-order chi connectivity index (χ0) is 11.2. The lowest BCUT2D eigenvalue weighted by molar-refractivity contribution is 0.936. The fourth-order valence-electron chi connectivity index (χ4n) is 2.34. The third-order valence-electron chi connectivity index (χ3n) is 3.09. The van der Waals surface area contributed by atoms with Crippen molar-refractivity contribution in [1.29, 1.82) is 5.26 Å². The van der Waals surface area contributed by atoms with Crippen LogP contribution in [0, 0.1) is 32.1 Å². The molecule has 2 heteroatoms. The molecule has 0 aliphatic heterocycles. The molecule has 0 bridgehead atoms. The molecule has 1 aromatic carbocycles. The van der Waals surface area contributed by atoms with Gasteiger partial charge in [0.25, 0.3) is 0 Å². The van der Waals surface area contributed by atoms with Crippen molar-refractivity contribution in [3.63, 3.8) is 0 Å².